The van der Waals surface area contributed by atoms with E-state index in [2.05, 4.69) is 10.4 Å². The van der Waals surface area contributed by atoms with Crippen molar-refractivity contribution in [1.29, 1.82) is 0 Å². The molecule has 0 spiro atoms. The van der Waals surface area contributed by atoms with Crippen molar-refractivity contribution < 1.29 is 22.7 Å². The number of benzene rings is 2. The Morgan fingerprint density at radius 1 is 1.11 bits per heavy atom. The fourth-order valence-corrected chi connectivity index (χ4v) is 4.72. The van der Waals surface area contributed by atoms with Gasteiger partial charge in [-0.25, -0.2) is 13.2 Å². The molecule has 1 atom stereocenters. The number of nitrogens with zero attached hydrogens (tertiary/aromatic N) is 2. The number of nitrogens with one attached hydrogen (secondary N) is 1. The van der Waals surface area contributed by atoms with Crippen LogP contribution in [-0.2, 0) is 13.0 Å². The Balaban J connectivity index is 1.45. The average Bonchev–Trinajstić information content (AvgIpc) is 3.14. The molecule has 1 amide bonds. The molecule has 0 saturated carbocycles. The Kier molecular flexibility index (Phi) is 5.96. The number of carbonyl (C=O) groups is 1. The second-order valence-corrected chi connectivity index (χ2v) is 8.88. The van der Waals surface area contributed by atoms with Gasteiger partial charge in [0.25, 0.3) is 5.91 Å². The third-order valence-electron chi connectivity index (χ3n) is 6.40. The van der Waals surface area contributed by atoms with E-state index in [1.165, 1.54) is 34.8 Å². The summed E-state index contributed by atoms with van der Waals surface area (Å²) in [6.45, 7) is 3.24. The van der Waals surface area contributed by atoms with Crippen LogP contribution >= 0.6 is 0 Å². The van der Waals surface area contributed by atoms with Crippen LogP contribution in [0.4, 0.5) is 13.2 Å². The first-order valence-corrected chi connectivity index (χ1v) is 11.5. The van der Waals surface area contributed by atoms with Gasteiger partial charge in [0, 0.05) is 6.07 Å². The molecule has 2 aromatic carbocycles. The van der Waals surface area contributed by atoms with Gasteiger partial charge in [-0.05, 0) is 80.1 Å². The fraction of sp³-hybridized carbons (Fsp3) is 0.259. The van der Waals surface area contributed by atoms with E-state index in [9.17, 15) is 18.0 Å². The zero-order chi connectivity index (χ0) is 24.7. The summed E-state index contributed by atoms with van der Waals surface area (Å²) in [6, 6.07) is 11.6. The van der Waals surface area contributed by atoms with Gasteiger partial charge in [0.05, 0.1) is 28.4 Å². The molecule has 0 fully saturated rings. The number of pyridine rings is 1. The molecule has 1 N–H and O–H groups in total. The van der Waals surface area contributed by atoms with Crippen molar-refractivity contribution in [1.82, 2.24) is 14.9 Å². The predicted octanol–water partition coefficient (Wildman–Crippen LogP) is 5.75. The smallest absolute Gasteiger partial charge is 0.255 e. The minimum absolute atomic E-state index is 0.184. The number of aromatic nitrogens is 2. The number of rotatable bonds is 5. The number of halogens is 3. The molecule has 4 aromatic rings. The molecule has 0 bridgehead atoms. The molecular formula is C27H24F3N3O2. The Morgan fingerprint density at radius 2 is 1.89 bits per heavy atom. The van der Waals surface area contributed by atoms with E-state index in [1.54, 1.807) is 19.1 Å². The van der Waals surface area contributed by atoms with Crippen molar-refractivity contribution in [2.24, 2.45) is 0 Å². The van der Waals surface area contributed by atoms with Crippen molar-refractivity contribution in [3.63, 3.8) is 0 Å². The number of amides is 1. The molecule has 0 saturated heterocycles. The molecular weight excluding hydrogens is 455 g/mol. The number of fused-ring (bicyclic) bond motifs is 2. The first-order chi connectivity index (χ1) is 16.8. The molecule has 5 nitrogen and oxygen atoms in total. The lowest BCUT2D eigenvalue weighted by atomic mass is 9.87. The van der Waals surface area contributed by atoms with E-state index in [1.807, 2.05) is 13.0 Å². The summed E-state index contributed by atoms with van der Waals surface area (Å²) in [7, 11) is 0. The first kappa shape index (κ1) is 23.0. The quantitative estimate of drug-likeness (QED) is 0.396. The number of aryl methyl sites for hydroxylation is 3. The average molecular weight is 480 g/mol. The van der Waals surface area contributed by atoms with E-state index < -0.39 is 11.6 Å². The van der Waals surface area contributed by atoms with Crippen molar-refractivity contribution in [3.05, 3.63) is 99.5 Å². The van der Waals surface area contributed by atoms with Gasteiger partial charge < -0.3 is 10.1 Å². The van der Waals surface area contributed by atoms with E-state index in [4.69, 9.17) is 4.74 Å². The van der Waals surface area contributed by atoms with Crippen LogP contribution in [0.25, 0.3) is 5.52 Å². The summed E-state index contributed by atoms with van der Waals surface area (Å²) < 4.78 is 49.0. The molecule has 0 aliphatic heterocycles. The normalized spacial score (nSPS) is 15.2. The minimum Gasteiger partial charge on any atom is -0.473 e. The van der Waals surface area contributed by atoms with Crippen LogP contribution in [0.3, 0.4) is 0 Å². The maximum Gasteiger partial charge on any atom is 0.255 e. The van der Waals surface area contributed by atoms with Gasteiger partial charge in [0.1, 0.15) is 24.1 Å². The maximum absolute atomic E-state index is 14.1. The van der Waals surface area contributed by atoms with Crippen LogP contribution in [0.1, 0.15) is 57.2 Å². The zero-order valence-electron chi connectivity index (χ0n) is 19.4. The molecule has 0 radical (unpaired) electrons. The second kappa shape index (κ2) is 9.09. The number of hydrogen-bond acceptors (Lipinski definition) is 3. The monoisotopic (exact) mass is 479 g/mol. The van der Waals surface area contributed by atoms with Gasteiger partial charge in [-0.15, -0.1) is 0 Å². The van der Waals surface area contributed by atoms with Crippen LogP contribution in [0.15, 0.2) is 48.5 Å². The molecule has 1 aliphatic carbocycles. The van der Waals surface area contributed by atoms with Gasteiger partial charge in [-0.1, -0.05) is 12.1 Å². The Bertz CT molecular complexity index is 1430. The van der Waals surface area contributed by atoms with Crippen molar-refractivity contribution in [2.75, 3.05) is 0 Å². The molecule has 1 aliphatic rings. The van der Waals surface area contributed by atoms with Crippen LogP contribution in [0.2, 0.25) is 0 Å². The lowest BCUT2D eigenvalue weighted by molar-refractivity contribution is 0.0934. The third kappa shape index (κ3) is 4.36. The molecule has 2 heterocycles. The number of hydrogen-bond donors (Lipinski definition) is 1. The lowest BCUT2D eigenvalue weighted by Crippen LogP contribution is -2.31. The van der Waals surface area contributed by atoms with Gasteiger partial charge in [-0.3, -0.25) is 4.79 Å². The zero-order valence-corrected chi connectivity index (χ0v) is 19.4. The fourth-order valence-electron chi connectivity index (χ4n) is 4.72. The summed E-state index contributed by atoms with van der Waals surface area (Å²) in [5.74, 6) is -1.70. The van der Waals surface area contributed by atoms with E-state index in [0.29, 0.717) is 16.8 Å². The summed E-state index contributed by atoms with van der Waals surface area (Å²) in [5, 5.41) is 7.56. The highest BCUT2D eigenvalue weighted by atomic mass is 19.1. The third-order valence-corrected chi connectivity index (χ3v) is 6.40. The highest BCUT2D eigenvalue weighted by Crippen LogP contribution is 2.31. The largest absolute Gasteiger partial charge is 0.473 e. The standard InChI is InChI=1S/C27H24F3N3O2/c1-15-11-24-26(27(34)31-23-8-3-5-17-13-18(28)9-10-19(17)23)16(2)32-33(24)25(12-15)35-14-20-21(29)6-4-7-22(20)30/h4,6-7,9-13,23H,3,5,8,14H2,1-2H3,(H,31,34). The highest BCUT2D eigenvalue weighted by molar-refractivity contribution is 6.02. The van der Waals surface area contributed by atoms with E-state index in [-0.39, 0.29) is 35.8 Å². The molecule has 180 valence electrons. The SMILES string of the molecule is Cc1cc(OCc2c(F)cccc2F)n2nc(C)c(C(=O)NC3CCCc4cc(F)ccc43)c2c1. The van der Waals surface area contributed by atoms with Gasteiger partial charge in [-0.2, -0.15) is 9.61 Å². The molecule has 8 heteroatoms. The van der Waals surface area contributed by atoms with Crippen LogP contribution in [-0.4, -0.2) is 15.5 Å². The summed E-state index contributed by atoms with van der Waals surface area (Å²) in [4.78, 5) is 13.4. The Hall–Kier alpha value is -3.81. The predicted molar refractivity (Wildman–Crippen MR) is 125 cm³/mol. The molecule has 35 heavy (non-hydrogen) atoms. The molecule has 5 rings (SSSR count). The van der Waals surface area contributed by atoms with Crippen molar-refractivity contribution >= 4 is 11.4 Å². The lowest BCUT2D eigenvalue weighted by Gasteiger charge is -2.26. The van der Waals surface area contributed by atoms with Gasteiger partial charge in [0.15, 0.2) is 0 Å². The second-order valence-electron chi connectivity index (χ2n) is 8.88. The summed E-state index contributed by atoms with van der Waals surface area (Å²) >= 11 is 0. The topological polar surface area (TPSA) is 55.6 Å². The first-order valence-electron chi connectivity index (χ1n) is 11.5. The Morgan fingerprint density at radius 3 is 2.66 bits per heavy atom. The summed E-state index contributed by atoms with van der Waals surface area (Å²) in [5.41, 5.74) is 3.86. The molecule has 2 aromatic heterocycles. The van der Waals surface area contributed by atoms with E-state index >= 15 is 0 Å². The Labute approximate surface area is 200 Å². The molecule has 1 unspecified atom stereocenters. The van der Waals surface area contributed by atoms with Crippen LogP contribution < -0.4 is 10.1 Å². The van der Waals surface area contributed by atoms with Crippen molar-refractivity contribution in [2.45, 2.75) is 45.8 Å². The minimum atomic E-state index is -0.696. The number of carbonyl (C=O) groups excluding carboxylic acids is 1. The van der Waals surface area contributed by atoms with Gasteiger partial charge in [0.2, 0.25) is 5.88 Å². The highest BCUT2D eigenvalue weighted by Gasteiger charge is 2.26. The van der Waals surface area contributed by atoms with E-state index in [0.717, 1.165) is 36.0 Å². The van der Waals surface area contributed by atoms with Crippen LogP contribution in [0.5, 0.6) is 5.88 Å². The van der Waals surface area contributed by atoms with Gasteiger partial charge >= 0.3 is 0 Å². The number of ether oxygens (including phenoxy) is 1. The summed E-state index contributed by atoms with van der Waals surface area (Å²) in [6.07, 6.45) is 2.38. The van der Waals surface area contributed by atoms with Crippen molar-refractivity contribution in [3.8, 4) is 5.88 Å². The maximum atomic E-state index is 14.1. The van der Waals surface area contributed by atoms with Crippen LogP contribution in [0, 0.1) is 31.3 Å².